The second-order valence-electron chi connectivity index (χ2n) is 8.26. The molecular weight excluding hydrogens is 336 g/mol. The number of amides is 1. The lowest BCUT2D eigenvalue weighted by Crippen LogP contribution is -2.47. The predicted octanol–water partition coefficient (Wildman–Crippen LogP) is 2.62. The van der Waals surface area contributed by atoms with Gasteiger partial charge in [-0.1, -0.05) is 6.92 Å². The Labute approximate surface area is 164 Å². The molecule has 0 spiro atoms. The summed E-state index contributed by atoms with van der Waals surface area (Å²) in [5, 5.41) is 6.80. The molecule has 2 heterocycles. The minimum Gasteiger partial charge on any atom is -0.353 e. The lowest BCUT2D eigenvalue weighted by atomic mass is 9.81. The van der Waals surface area contributed by atoms with E-state index in [-0.39, 0.29) is 5.92 Å². The van der Waals surface area contributed by atoms with E-state index in [1.807, 2.05) is 12.4 Å². The summed E-state index contributed by atoms with van der Waals surface area (Å²) < 4.78 is 0. The van der Waals surface area contributed by atoms with Crippen LogP contribution in [-0.2, 0) is 11.2 Å². The first-order chi connectivity index (χ1) is 13.2. The van der Waals surface area contributed by atoms with Gasteiger partial charge in [0.15, 0.2) is 0 Å². The zero-order chi connectivity index (χ0) is 18.9. The highest BCUT2D eigenvalue weighted by atomic mass is 16.1. The molecule has 1 aromatic rings. The summed E-state index contributed by atoms with van der Waals surface area (Å²) in [6, 6.07) is 4.56. The molecule has 5 heteroatoms. The van der Waals surface area contributed by atoms with Crippen molar-refractivity contribution in [2.45, 2.75) is 57.9 Å². The highest BCUT2D eigenvalue weighted by Gasteiger charge is 2.28. The maximum Gasteiger partial charge on any atom is 0.223 e. The molecule has 1 aliphatic carbocycles. The number of pyridine rings is 1. The van der Waals surface area contributed by atoms with Crippen LogP contribution < -0.4 is 10.6 Å². The van der Waals surface area contributed by atoms with Crippen molar-refractivity contribution in [3.05, 3.63) is 30.1 Å². The van der Waals surface area contributed by atoms with Crippen LogP contribution in [0.25, 0.3) is 0 Å². The third-order valence-electron chi connectivity index (χ3n) is 6.30. The Bertz CT molecular complexity index is 549. The molecule has 1 aromatic heterocycles. The topological polar surface area (TPSA) is 57.3 Å². The van der Waals surface area contributed by atoms with Gasteiger partial charge in [0.2, 0.25) is 5.91 Å². The molecular formula is C22H36N4O. The molecule has 27 heavy (non-hydrogen) atoms. The third kappa shape index (κ3) is 6.58. The van der Waals surface area contributed by atoms with Crippen LogP contribution in [0.3, 0.4) is 0 Å². The monoisotopic (exact) mass is 372 g/mol. The Balaban J connectivity index is 1.31. The van der Waals surface area contributed by atoms with Gasteiger partial charge in [-0.15, -0.1) is 0 Å². The first-order valence-electron chi connectivity index (χ1n) is 10.9. The van der Waals surface area contributed by atoms with Gasteiger partial charge in [0, 0.05) is 44.0 Å². The van der Waals surface area contributed by atoms with Gasteiger partial charge in [0.05, 0.1) is 0 Å². The van der Waals surface area contributed by atoms with Crippen molar-refractivity contribution >= 4 is 5.91 Å². The van der Waals surface area contributed by atoms with Crippen LogP contribution >= 0.6 is 0 Å². The van der Waals surface area contributed by atoms with Crippen LogP contribution in [0.15, 0.2) is 24.5 Å². The van der Waals surface area contributed by atoms with Gasteiger partial charge in [-0.2, -0.15) is 0 Å². The number of rotatable bonds is 8. The van der Waals surface area contributed by atoms with Gasteiger partial charge >= 0.3 is 0 Å². The predicted molar refractivity (Wildman–Crippen MR) is 110 cm³/mol. The van der Waals surface area contributed by atoms with Crippen molar-refractivity contribution in [2.24, 2.45) is 11.8 Å². The van der Waals surface area contributed by atoms with E-state index in [4.69, 9.17) is 0 Å². The van der Waals surface area contributed by atoms with E-state index >= 15 is 0 Å². The van der Waals surface area contributed by atoms with Gasteiger partial charge in [0.1, 0.15) is 0 Å². The molecule has 0 atom stereocenters. The summed E-state index contributed by atoms with van der Waals surface area (Å²) in [6.45, 7) is 7.59. The molecule has 1 amide bonds. The van der Waals surface area contributed by atoms with Crippen molar-refractivity contribution in [1.82, 2.24) is 20.5 Å². The van der Waals surface area contributed by atoms with Crippen molar-refractivity contribution in [1.29, 1.82) is 0 Å². The Morgan fingerprint density at radius 1 is 1.11 bits per heavy atom. The number of carbonyl (C=O) groups excluding carboxylic acids is 1. The average molecular weight is 373 g/mol. The van der Waals surface area contributed by atoms with Gasteiger partial charge < -0.3 is 15.5 Å². The van der Waals surface area contributed by atoms with Gasteiger partial charge in [-0.25, -0.2) is 0 Å². The number of nitrogens with zero attached hydrogens (tertiary/aromatic N) is 2. The van der Waals surface area contributed by atoms with Crippen LogP contribution in [-0.4, -0.2) is 54.6 Å². The molecule has 2 fully saturated rings. The number of carbonyl (C=O) groups is 1. The lowest BCUT2D eigenvalue weighted by molar-refractivity contribution is -0.127. The van der Waals surface area contributed by atoms with Gasteiger partial charge in [-0.05, 0) is 81.6 Å². The fraction of sp³-hybridized carbons (Fsp3) is 0.727. The Morgan fingerprint density at radius 2 is 1.81 bits per heavy atom. The fourth-order valence-electron chi connectivity index (χ4n) is 4.43. The highest BCUT2D eigenvalue weighted by Crippen LogP contribution is 2.28. The summed E-state index contributed by atoms with van der Waals surface area (Å²) >= 11 is 0. The molecule has 0 aromatic carbocycles. The standard InChI is InChI=1S/C22H36N4O/c1-2-23-17-19-3-5-20(6-4-19)22(27)25-21-10-15-26(16-11-21)14-9-18-7-12-24-13-8-18/h7-8,12-13,19-21,23H,2-6,9-11,14-17H2,1H3,(H,25,27). The van der Waals surface area contributed by atoms with Crippen LogP contribution in [0.4, 0.5) is 0 Å². The van der Waals surface area contributed by atoms with Gasteiger partial charge in [-0.3, -0.25) is 9.78 Å². The van der Waals surface area contributed by atoms with Crippen LogP contribution in [0.2, 0.25) is 0 Å². The Morgan fingerprint density at radius 3 is 2.48 bits per heavy atom. The molecule has 0 unspecified atom stereocenters. The zero-order valence-electron chi connectivity index (χ0n) is 16.8. The van der Waals surface area contributed by atoms with Crippen molar-refractivity contribution in [3.63, 3.8) is 0 Å². The smallest absolute Gasteiger partial charge is 0.223 e. The third-order valence-corrected chi connectivity index (χ3v) is 6.30. The number of nitrogens with one attached hydrogen (secondary N) is 2. The van der Waals surface area contributed by atoms with Gasteiger partial charge in [0.25, 0.3) is 0 Å². The minimum absolute atomic E-state index is 0.243. The van der Waals surface area contributed by atoms with Crippen molar-refractivity contribution in [2.75, 3.05) is 32.7 Å². The number of likely N-dealkylation sites (tertiary alicyclic amines) is 1. The molecule has 0 bridgehead atoms. The van der Waals surface area contributed by atoms with Crippen LogP contribution in [0.1, 0.15) is 51.0 Å². The normalized spacial score (nSPS) is 24.6. The van der Waals surface area contributed by atoms with Crippen LogP contribution in [0, 0.1) is 11.8 Å². The number of hydrogen-bond acceptors (Lipinski definition) is 4. The van der Waals surface area contributed by atoms with E-state index in [1.54, 1.807) is 0 Å². The molecule has 1 saturated carbocycles. The largest absolute Gasteiger partial charge is 0.353 e. The molecule has 1 saturated heterocycles. The van der Waals surface area contributed by atoms with E-state index < -0.39 is 0 Å². The molecule has 5 nitrogen and oxygen atoms in total. The lowest BCUT2D eigenvalue weighted by Gasteiger charge is -2.34. The van der Waals surface area contributed by atoms with E-state index in [0.29, 0.717) is 11.9 Å². The molecule has 0 radical (unpaired) electrons. The number of aromatic nitrogens is 1. The Hall–Kier alpha value is -1.46. The molecule has 1 aliphatic heterocycles. The maximum atomic E-state index is 12.6. The van der Waals surface area contributed by atoms with E-state index in [2.05, 4.69) is 39.6 Å². The van der Waals surface area contributed by atoms with E-state index in [9.17, 15) is 4.79 Å². The molecule has 3 rings (SSSR count). The van der Waals surface area contributed by atoms with E-state index in [0.717, 1.165) is 70.7 Å². The molecule has 150 valence electrons. The fourth-order valence-corrected chi connectivity index (χ4v) is 4.43. The summed E-state index contributed by atoms with van der Waals surface area (Å²) in [5.41, 5.74) is 1.35. The van der Waals surface area contributed by atoms with Crippen molar-refractivity contribution < 1.29 is 4.79 Å². The summed E-state index contributed by atoms with van der Waals surface area (Å²) in [5.74, 6) is 1.32. The zero-order valence-corrected chi connectivity index (χ0v) is 16.8. The average Bonchev–Trinajstić information content (AvgIpc) is 2.73. The van der Waals surface area contributed by atoms with E-state index in [1.165, 1.54) is 18.4 Å². The first kappa shape index (κ1) is 20.3. The number of piperidine rings is 1. The van der Waals surface area contributed by atoms with Crippen LogP contribution in [0.5, 0.6) is 0 Å². The second kappa shape index (κ2) is 10.8. The first-order valence-corrected chi connectivity index (χ1v) is 10.9. The second-order valence-corrected chi connectivity index (χ2v) is 8.26. The summed E-state index contributed by atoms with van der Waals surface area (Å²) in [4.78, 5) is 19.2. The highest BCUT2D eigenvalue weighted by molar-refractivity contribution is 5.79. The van der Waals surface area contributed by atoms with Crippen molar-refractivity contribution in [3.8, 4) is 0 Å². The molecule has 2 aliphatic rings. The number of hydrogen-bond donors (Lipinski definition) is 2. The minimum atomic E-state index is 0.243. The Kier molecular flexibility index (Phi) is 8.09. The SMILES string of the molecule is CCNCC1CCC(C(=O)NC2CCN(CCc3ccncc3)CC2)CC1. The summed E-state index contributed by atoms with van der Waals surface area (Å²) in [6.07, 6.45) is 11.5. The quantitative estimate of drug-likeness (QED) is 0.736. The summed E-state index contributed by atoms with van der Waals surface area (Å²) in [7, 11) is 0. The molecule has 2 N–H and O–H groups in total. The maximum absolute atomic E-state index is 12.6.